The van der Waals surface area contributed by atoms with E-state index >= 15 is 0 Å². The van der Waals surface area contributed by atoms with Gasteiger partial charge >= 0.3 is 0 Å². The molecule has 0 fully saturated rings. The summed E-state index contributed by atoms with van der Waals surface area (Å²) in [6.45, 7) is 9.64. The Kier molecular flexibility index (Phi) is 7.94. The first kappa shape index (κ1) is 26.3. The van der Waals surface area contributed by atoms with E-state index in [1.165, 1.54) is 22.2 Å². The summed E-state index contributed by atoms with van der Waals surface area (Å²) in [6.07, 6.45) is 2.80. The highest BCUT2D eigenvalue weighted by Crippen LogP contribution is 2.42. The van der Waals surface area contributed by atoms with Gasteiger partial charge in [-0.05, 0) is 56.5 Å². The van der Waals surface area contributed by atoms with E-state index in [0.717, 1.165) is 57.5 Å². The molecule has 1 aliphatic rings. The van der Waals surface area contributed by atoms with Gasteiger partial charge in [-0.1, -0.05) is 37.4 Å². The van der Waals surface area contributed by atoms with Crippen LogP contribution in [0.15, 0.2) is 34.6 Å². The van der Waals surface area contributed by atoms with Gasteiger partial charge in [-0.3, -0.25) is 4.79 Å². The van der Waals surface area contributed by atoms with Gasteiger partial charge in [0, 0.05) is 22.7 Å². The van der Waals surface area contributed by atoms with Crippen LogP contribution in [0.1, 0.15) is 51.0 Å². The monoisotopic (exact) mass is 557 g/mol. The number of benzene rings is 1. The molecule has 0 bridgehead atoms. The number of hydrogen-bond donors (Lipinski definition) is 1. The minimum atomic E-state index is -0.190. The molecule has 8 nitrogen and oxygen atoms in total. The third kappa shape index (κ3) is 5.45. The molecule has 0 radical (unpaired) electrons. The van der Waals surface area contributed by atoms with E-state index in [2.05, 4.69) is 36.3 Å². The Hall–Kier alpha value is -2.34. The van der Waals surface area contributed by atoms with Crippen LogP contribution < -0.4 is 10.1 Å². The maximum absolute atomic E-state index is 12.7. The summed E-state index contributed by atoms with van der Waals surface area (Å²) in [5.74, 6) is 1.83. The van der Waals surface area contributed by atoms with Gasteiger partial charge in [0.15, 0.2) is 16.0 Å². The molecule has 1 atom stereocenters. The van der Waals surface area contributed by atoms with Crippen LogP contribution in [0.2, 0.25) is 0 Å². The number of hydrogen-bond acceptors (Lipinski definition) is 9. The van der Waals surface area contributed by atoms with E-state index in [0.29, 0.717) is 18.4 Å². The highest BCUT2D eigenvalue weighted by molar-refractivity contribution is 8.00. The fraction of sp³-hybridized carbons (Fsp3) is 0.462. The lowest BCUT2D eigenvalue weighted by molar-refractivity contribution is -0.113. The Morgan fingerprint density at radius 1 is 1.19 bits per heavy atom. The second kappa shape index (κ2) is 11.2. The first-order valence-electron chi connectivity index (χ1n) is 12.6. The third-order valence-corrected chi connectivity index (χ3v) is 9.56. The van der Waals surface area contributed by atoms with Gasteiger partial charge in [0.05, 0.1) is 30.0 Å². The molecular weight excluding hydrogens is 527 g/mol. The summed E-state index contributed by atoms with van der Waals surface area (Å²) in [5, 5.41) is 14.7. The average molecular weight is 558 g/mol. The Balaban J connectivity index is 1.43. The average Bonchev–Trinajstić information content (AvgIpc) is 3.48. The van der Waals surface area contributed by atoms with Gasteiger partial charge in [0.25, 0.3) is 0 Å². The number of thiophene rings is 1. The number of nitrogens with one attached hydrogen (secondary N) is 1. The highest BCUT2D eigenvalue weighted by atomic mass is 32.2. The maximum atomic E-state index is 12.7. The van der Waals surface area contributed by atoms with Gasteiger partial charge in [-0.15, -0.1) is 21.5 Å². The first-order valence-corrected chi connectivity index (χ1v) is 15.3. The minimum absolute atomic E-state index is 0.105. The molecule has 0 saturated heterocycles. The number of ether oxygens (including phenoxy) is 2. The summed E-state index contributed by atoms with van der Waals surface area (Å²) >= 11 is 4.77. The summed E-state index contributed by atoms with van der Waals surface area (Å²) in [4.78, 5) is 20.0. The molecule has 1 N–H and O–H groups in total. The van der Waals surface area contributed by atoms with Gasteiger partial charge in [0.1, 0.15) is 10.6 Å². The van der Waals surface area contributed by atoms with E-state index in [1.807, 2.05) is 35.6 Å². The van der Waals surface area contributed by atoms with Crippen LogP contribution in [0, 0.1) is 0 Å². The van der Waals surface area contributed by atoms with E-state index in [9.17, 15) is 4.79 Å². The molecule has 1 aromatic carbocycles. The van der Waals surface area contributed by atoms with Crippen molar-refractivity contribution in [3.63, 3.8) is 0 Å². The van der Waals surface area contributed by atoms with Crippen LogP contribution in [0.5, 0.6) is 5.75 Å². The minimum Gasteiger partial charge on any atom is -0.494 e. The van der Waals surface area contributed by atoms with Crippen molar-refractivity contribution in [1.82, 2.24) is 19.6 Å². The van der Waals surface area contributed by atoms with Crippen LogP contribution in [-0.2, 0) is 22.6 Å². The van der Waals surface area contributed by atoms with E-state index < -0.39 is 0 Å². The number of nitrogens with zero attached hydrogens (tertiary/aromatic N) is 4. The molecule has 4 aromatic rings. The zero-order chi connectivity index (χ0) is 26.0. The summed E-state index contributed by atoms with van der Waals surface area (Å²) in [6, 6.07) is 7.38. The molecule has 0 aliphatic carbocycles. The van der Waals surface area contributed by atoms with Gasteiger partial charge in [-0.25, -0.2) is 9.38 Å². The van der Waals surface area contributed by atoms with Crippen molar-refractivity contribution in [2.75, 3.05) is 23.4 Å². The summed E-state index contributed by atoms with van der Waals surface area (Å²) in [7, 11) is 0. The van der Waals surface area contributed by atoms with Crippen molar-refractivity contribution >= 4 is 62.3 Å². The zero-order valence-electron chi connectivity index (χ0n) is 21.5. The number of carbonyl (C=O) groups is 1. The van der Waals surface area contributed by atoms with Gasteiger partial charge < -0.3 is 14.8 Å². The number of aromatic nitrogens is 4. The first-order chi connectivity index (χ1) is 17.9. The Bertz CT molecular complexity index is 1420. The Morgan fingerprint density at radius 2 is 2.00 bits per heavy atom. The van der Waals surface area contributed by atoms with Crippen molar-refractivity contribution in [1.29, 1.82) is 0 Å². The molecule has 4 heterocycles. The number of fused-ring (bicyclic) bond motifs is 5. The standard InChI is InChI=1S/C26H31N5O3S3/c1-5-12-35-24-28-23-21(18-13-26(4,6-2)34-14-19(18)37-23)22-29-30-25(31(22)24)36-15-20(32)27-16-8-10-17(11-9-16)33-7-3/h8-11H,5-7,12-15H2,1-4H3,(H,27,32). The quantitative estimate of drug-likeness (QED) is 0.182. The normalized spacial score (nSPS) is 17.3. The second-order valence-electron chi connectivity index (χ2n) is 9.13. The van der Waals surface area contributed by atoms with Gasteiger partial charge in [0.2, 0.25) is 5.91 Å². The fourth-order valence-corrected chi connectivity index (χ4v) is 7.05. The second-order valence-corrected chi connectivity index (χ2v) is 12.2. The topological polar surface area (TPSA) is 90.6 Å². The van der Waals surface area contributed by atoms with Crippen LogP contribution >= 0.6 is 34.9 Å². The predicted octanol–water partition coefficient (Wildman–Crippen LogP) is 6.21. The molecule has 3 aromatic heterocycles. The molecular formula is C26H31N5O3S3. The van der Waals surface area contributed by atoms with Crippen LogP contribution in [0.4, 0.5) is 5.69 Å². The molecule has 0 spiro atoms. The molecule has 11 heteroatoms. The van der Waals surface area contributed by atoms with E-state index in [1.54, 1.807) is 23.1 Å². The lowest BCUT2D eigenvalue weighted by Gasteiger charge is -2.33. The zero-order valence-corrected chi connectivity index (χ0v) is 23.9. The van der Waals surface area contributed by atoms with Crippen LogP contribution in [-0.4, -0.2) is 49.2 Å². The summed E-state index contributed by atoms with van der Waals surface area (Å²) in [5.41, 5.74) is 2.63. The molecule has 5 rings (SSSR count). The smallest absolute Gasteiger partial charge is 0.234 e. The molecule has 37 heavy (non-hydrogen) atoms. The number of thioether (sulfide) groups is 2. The highest BCUT2D eigenvalue weighted by Gasteiger charge is 2.33. The van der Waals surface area contributed by atoms with Crippen molar-refractivity contribution in [2.45, 2.75) is 69.5 Å². The van der Waals surface area contributed by atoms with Crippen molar-refractivity contribution in [3.8, 4) is 5.75 Å². The molecule has 1 unspecified atom stereocenters. The van der Waals surface area contributed by atoms with Crippen molar-refractivity contribution in [3.05, 3.63) is 34.7 Å². The van der Waals surface area contributed by atoms with E-state index in [4.69, 9.17) is 14.5 Å². The van der Waals surface area contributed by atoms with Crippen molar-refractivity contribution in [2.24, 2.45) is 0 Å². The molecule has 1 aliphatic heterocycles. The van der Waals surface area contributed by atoms with Gasteiger partial charge in [-0.2, -0.15) is 0 Å². The lowest BCUT2D eigenvalue weighted by Crippen LogP contribution is -2.33. The molecule has 196 valence electrons. The lowest BCUT2D eigenvalue weighted by atomic mass is 9.90. The van der Waals surface area contributed by atoms with Crippen LogP contribution in [0.25, 0.3) is 15.9 Å². The third-order valence-electron chi connectivity index (χ3n) is 6.38. The summed E-state index contributed by atoms with van der Waals surface area (Å²) < 4.78 is 13.7. The Morgan fingerprint density at radius 3 is 2.73 bits per heavy atom. The fourth-order valence-electron chi connectivity index (χ4n) is 4.26. The maximum Gasteiger partial charge on any atom is 0.234 e. The number of carbonyl (C=O) groups excluding carboxylic acids is 1. The SMILES string of the molecule is CCCSc1nc2sc3c(c2c2nnc(SCC(=O)Nc4ccc(OCC)cc4)n12)CC(C)(CC)OC3. The number of amides is 1. The Labute approximate surface area is 228 Å². The largest absolute Gasteiger partial charge is 0.494 e. The van der Waals surface area contributed by atoms with E-state index in [-0.39, 0.29) is 17.3 Å². The van der Waals surface area contributed by atoms with Crippen LogP contribution in [0.3, 0.4) is 0 Å². The molecule has 1 amide bonds. The van der Waals surface area contributed by atoms with Crippen molar-refractivity contribution < 1.29 is 14.3 Å². The molecule has 0 saturated carbocycles. The number of rotatable bonds is 10. The number of anilines is 1. The predicted molar refractivity (Wildman–Crippen MR) is 151 cm³/mol.